The minimum absolute atomic E-state index is 0.0441. The monoisotopic (exact) mass is 453 g/mol. The smallest absolute Gasteiger partial charge is 0.261 e. The summed E-state index contributed by atoms with van der Waals surface area (Å²) in [6.45, 7) is 3.43. The van der Waals surface area contributed by atoms with Crippen molar-refractivity contribution in [2.24, 2.45) is 0 Å². The van der Waals surface area contributed by atoms with Crippen LogP contribution < -0.4 is 5.32 Å². The first-order valence-electron chi connectivity index (χ1n) is 11.1. The molecule has 2 aliphatic heterocycles. The van der Waals surface area contributed by atoms with E-state index in [1.807, 2.05) is 11.8 Å². The van der Waals surface area contributed by atoms with Crippen LogP contribution in [0.25, 0.3) is 0 Å². The maximum atomic E-state index is 13.1. The van der Waals surface area contributed by atoms with E-state index in [0.29, 0.717) is 37.1 Å². The van der Waals surface area contributed by atoms with Crippen molar-refractivity contribution in [2.45, 2.75) is 51.6 Å². The van der Waals surface area contributed by atoms with Crippen molar-refractivity contribution >= 4 is 35.0 Å². The molecule has 0 bridgehead atoms. The van der Waals surface area contributed by atoms with Crippen molar-refractivity contribution in [2.75, 3.05) is 13.1 Å². The molecule has 8 heteroatoms. The predicted molar refractivity (Wildman–Crippen MR) is 121 cm³/mol. The number of thiophene rings is 1. The van der Waals surface area contributed by atoms with Crippen molar-refractivity contribution in [1.82, 2.24) is 15.1 Å². The Hall–Kier alpha value is -3.00. The molecule has 4 rings (SSSR count). The molecule has 0 aliphatic carbocycles. The third-order valence-corrected chi connectivity index (χ3v) is 7.02. The molecule has 1 N–H and O–H groups in total. The summed E-state index contributed by atoms with van der Waals surface area (Å²) in [5.41, 5.74) is 2.01. The number of rotatable bonds is 8. The summed E-state index contributed by atoms with van der Waals surface area (Å²) in [4.78, 5) is 54.8. The molecule has 0 saturated carbocycles. The molecule has 2 aromatic rings. The quantitative estimate of drug-likeness (QED) is 0.623. The molecule has 0 fully saturated rings. The van der Waals surface area contributed by atoms with Crippen molar-refractivity contribution in [3.8, 4) is 0 Å². The Morgan fingerprint density at radius 2 is 1.84 bits per heavy atom. The molecular formula is C24H27N3O4S. The van der Waals surface area contributed by atoms with Gasteiger partial charge in [0.2, 0.25) is 11.8 Å². The van der Waals surface area contributed by atoms with Crippen LogP contribution in [0.1, 0.15) is 63.8 Å². The van der Waals surface area contributed by atoms with E-state index < -0.39 is 6.04 Å². The fourth-order valence-corrected chi connectivity index (χ4v) is 5.20. The van der Waals surface area contributed by atoms with E-state index in [1.54, 1.807) is 35.6 Å². The largest absolute Gasteiger partial charge is 0.344 e. The second-order valence-corrected chi connectivity index (χ2v) is 9.20. The average Bonchev–Trinajstić information content (AvgIpc) is 3.36. The maximum absolute atomic E-state index is 13.1. The molecule has 2 aliphatic rings. The van der Waals surface area contributed by atoms with E-state index in [9.17, 15) is 19.2 Å². The fraction of sp³-hybridized carbons (Fsp3) is 0.417. The summed E-state index contributed by atoms with van der Waals surface area (Å²) in [6.07, 6.45) is 2.72. The number of nitrogens with zero attached hydrogens (tertiary/aromatic N) is 2. The van der Waals surface area contributed by atoms with Crippen LogP contribution in [-0.4, -0.2) is 52.6 Å². The van der Waals surface area contributed by atoms with Crippen LogP contribution in [-0.2, 0) is 22.6 Å². The van der Waals surface area contributed by atoms with Crippen LogP contribution in [0.5, 0.6) is 0 Å². The molecule has 1 aromatic carbocycles. The Morgan fingerprint density at radius 1 is 1.12 bits per heavy atom. The lowest BCUT2D eigenvalue weighted by Gasteiger charge is -2.31. The van der Waals surface area contributed by atoms with Gasteiger partial charge in [0.25, 0.3) is 11.8 Å². The second-order valence-electron chi connectivity index (χ2n) is 8.20. The summed E-state index contributed by atoms with van der Waals surface area (Å²) in [6, 6.07) is 8.26. The lowest BCUT2D eigenvalue weighted by Crippen LogP contribution is -2.49. The molecule has 0 spiro atoms. The Morgan fingerprint density at radius 3 is 2.53 bits per heavy atom. The van der Waals surface area contributed by atoms with Gasteiger partial charge in [0.15, 0.2) is 0 Å². The number of carbonyl (C=O) groups is 4. The van der Waals surface area contributed by atoms with Crippen LogP contribution in [0, 0.1) is 0 Å². The number of amides is 4. The first kappa shape index (κ1) is 22.2. The minimum atomic E-state index is -0.549. The van der Waals surface area contributed by atoms with Gasteiger partial charge in [-0.1, -0.05) is 25.5 Å². The third-order valence-electron chi connectivity index (χ3n) is 5.99. The Balaban J connectivity index is 1.29. The zero-order valence-corrected chi connectivity index (χ0v) is 19.0. The molecule has 3 heterocycles. The Labute approximate surface area is 191 Å². The van der Waals surface area contributed by atoms with E-state index in [1.165, 1.54) is 15.3 Å². The van der Waals surface area contributed by atoms with Gasteiger partial charge >= 0.3 is 0 Å². The second kappa shape index (κ2) is 9.65. The van der Waals surface area contributed by atoms with Gasteiger partial charge in [-0.25, -0.2) is 0 Å². The summed E-state index contributed by atoms with van der Waals surface area (Å²) in [5.74, 6) is -0.912. The van der Waals surface area contributed by atoms with Crippen LogP contribution >= 0.6 is 11.3 Å². The van der Waals surface area contributed by atoms with E-state index in [-0.39, 0.29) is 36.6 Å². The zero-order chi connectivity index (χ0) is 22.7. The summed E-state index contributed by atoms with van der Waals surface area (Å²) in [7, 11) is 0. The van der Waals surface area contributed by atoms with Crippen LogP contribution in [0.15, 0.2) is 35.7 Å². The SMILES string of the molecule is CCCC(NC(=O)CCCN1C(=O)c2ccccc2C1=O)C(=O)N1CCc2sccc2C1. The van der Waals surface area contributed by atoms with Gasteiger partial charge in [0, 0.05) is 30.9 Å². The lowest BCUT2D eigenvalue weighted by atomic mass is 10.1. The number of hydrogen-bond donors (Lipinski definition) is 1. The topological polar surface area (TPSA) is 86.8 Å². The van der Waals surface area contributed by atoms with E-state index in [0.717, 1.165) is 12.8 Å². The average molecular weight is 454 g/mol. The number of fused-ring (bicyclic) bond motifs is 2. The van der Waals surface area contributed by atoms with Crippen molar-refractivity contribution < 1.29 is 19.2 Å². The van der Waals surface area contributed by atoms with Crippen molar-refractivity contribution in [3.05, 3.63) is 57.3 Å². The number of hydrogen-bond acceptors (Lipinski definition) is 5. The highest BCUT2D eigenvalue weighted by molar-refractivity contribution is 7.10. The van der Waals surface area contributed by atoms with E-state index in [4.69, 9.17) is 0 Å². The molecule has 32 heavy (non-hydrogen) atoms. The number of carbonyl (C=O) groups excluding carboxylic acids is 4. The zero-order valence-electron chi connectivity index (χ0n) is 18.1. The molecule has 1 aromatic heterocycles. The molecular weight excluding hydrogens is 426 g/mol. The molecule has 168 valence electrons. The summed E-state index contributed by atoms with van der Waals surface area (Å²) >= 11 is 1.72. The molecule has 4 amide bonds. The fourth-order valence-electron chi connectivity index (χ4n) is 4.31. The van der Waals surface area contributed by atoms with Gasteiger partial charge in [0.05, 0.1) is 11.1 Å². The van der Waals surface area contributed by atoms with E-state index in [2.05, 4.69) is 16.8 Å². The van der Waals surface area contributed by atoms with Gasteiger partial charge in [-0.3, -0.25) is 24.1 Å². The van der Waals surface area contributed by atoms with Crippen molar-refractivity contribution in [1.29, 1.82) is 0 Å². The Kier molecular flexibility index (Phi) is 6.69. The van der Waals surface area contributed by atoms with Crippen LogP contribution in [0.2, 0.25) is 0 Å². The number of imide groups is 1. The van der Waals surface area contributed by atoms with Gasteiger partial charge in [-0.05, 0) is 48.4 Å². The summed E-state index contributed by atoms with van der Waals surface area (Å²) < 4.78 is 0. The molecule has 0 radical (unpaired) electrons. The van der Waals surface area contributed by atoms with Gasteiger partial charge in [-0.2, -0.15) is 0 Å². The molecule has 7 nitrogen and oxygen atoms in total. The first-order valence-corrected chi connectivity index (χ1v) is 12.0. The van der Waals surface area contributed by atoms with Gasteiger partial charge < -0.3 is 10.2 Å². The number of nitrogens with one attached hydrogen (secondary N) is 1. The normalized spacial score (nSPS) is 16.0. The van der Waals surface area contributed by atoms with Crippen LogP contribution in [0.4, 0.5) is 0 Å². The maximum Gasteiger partial charge on any atom is 0.261 e. The number of benzene rings is 1. The Bertz CT molecular complexity index is 1010. The summed E-state index contributed by atoms with van der Waals surface area (Å²) in [5, 5.41) is 4.94. The van der Waals surface area contributed by atoms with Crippen LogP contribution in [0.3, 0.4) is 0 Å². The van der Waals surface area contributed by atoms with Gasteiger partial charge in [-0.15, -0.1) is 11.3 Å². The van der Waals surface area contributed by atoms with Gasteiger partial charge in [0.1, 0.15) is 6.04 Å². The van der Waals surface area contributed by atoms with Crippen molar-refractivity contribution in [3.63, 3.8) is 0 Å². The standard InChI is InChI=1S/C24H27N3O4S/c1-2-6-19(24(31)26-13-10-20-16(15-26)11-14-32-20)25-21(28)9-5-12-27-22(29)17-7-3-4-8-18(17)23(27)30/h3-4,7-8,11,14,19H,2,5-6,9-10,12-13,15H2,1H3,(H,25,28). The van der Waals surface area contributed by atoms with E-state index >= 15 is 0 Å². The lowest BCUT2D eigenvalue weighted by molar-refractivity contribution is -0.137. The highest BCUT2D eigenvalue weighted by Crippen LogP contribution is 2.25. The first-order chi connectivity index (χ1) is 15.5. The molecule has 1 unspecified atom stereocenters. The molecule has 0 saturated heterocycles. The highest BCUT2D eigenvalue weighted by atomic mass is 32.1. The highest BCUT2D eigenvalue weighted by Gasteiger charge is 2.34. The minimum Gasteiger partial charge on any atom is -0.344 e. The third kappa shape index (κ3) is 4.46. The predicted octanol–water partition coefficient (Wildman–Crippen LogP) is 2.99. The molecule has 1 atom stereocenters.